The fourth-order valence-corrected chi connectivity index (χ4v) is 7.95. The van der Waals surface area contributed by atoms with Crippen LogP contribution in [0.4, 0.5) is 4.79 Å². The van der Waals surface area contributed by atoms with Crippen LogP contribution in [0.3, 0.4) is 0 Å². The molecule has 7 rings (SSSR count). The smallest absolute Gasteiger partial charge is 0.407 e. The van der Waals surface area contributed by atoms with E-state index in [-0.39, 0.29) is 98.4 Å². The van der Waals surface area contributed by atoms with Crippen molar-refractivity contribution in [2.45, 2.75) is 45.9 Å². The quantitative estimate of drug-likeness (QED) is 0.0450. The number of nitrogens with zero attached hydrogens (tertiary/aromatic N) is 1. The van der Waals surface area contributed by atoms with Crippen LogP contribution < -0.4 is 34.9 Å². The highest BCUT2D eigenvalue weighted by molar-refractivity contribution is 6.36. The summed E-state index contributed by atoms with van der Waals surface area (Å²) in [5.41, 5.74) is 4.77. The summed E-state index contributed by atoms with van der Waals surface area (Å²) in [6.45, 7) is 1.06. The normalized spacial score (nSPS) is 10.7. The van der Waals surface area contributed by atoms with E-state index in [0.29, 0.717) is 24.3 Å². The van der Waals surface area contributed by atoms with Gasteiger partial charge in [0.15, 0.2) is 23.0 Å². The van der Waals surface area contributed by atoms with Gasteiger partial charge in [-0.15, -0.1) is 0 Å². The molecule has 376 valence electrons. The van der Waals surface area contributed by atoms with Crippen molar-refractivity contribution in [1.29, 1.82) is 0 Å². The molecule has 7 aromatic carbocycles. The summed E-state index contributed by atoms with van der Waals surface area (Å²) in [5.74, 6) is -0.306. The number of hydrogen-bond acceptors (Lipinski definition) is 9. The van der Waals surface area contributed by atoms with E-state index >= 15 is 0 Å². The van der Waals surface area contributed by atoms with E-state index < -0.39 is 23.8 Å². The average molecular weight is 1020 g/mol. The summed E-state index contributed by atoms with van der Waals surface area (Å²) in [4.78, 5) is 55.4. The van der Waals surface area contributed by atoms with Crippen LogP contribution in [0.25, 0.3) is 0 Å². The van der Waals surface area contributed by atoms with Crippen molar-refractivity contribution in [3.8, 4) is 23.0 Å². The van der Waals surface area contributed by atoms with Crippen LogP contribution in [0.15, 0.2) is 176 Å². The lowest BCUT2D eigenvalue weighted by Crippen LogP contribution is -2.43. The van der Waals surface area contributed by atoms with Gasteiger partial charge in [-0.1, -0.05) is 175 Å². The number of unbranched alkanes of at least 4 members (excludes halogenated alkanes) is 1. The molecule has 4 amide bonds. The number of halogens is 2. The molecule has 0 aliphatic rings. The van der Waals surface area contributed by atoms with Crippen molar-refractivity contribution in [3.63, 3.8) is 0 Å². The second kappa shape index (κ2) is 28.1. The van der Waals surface area contributed by atoms with Crippen LogP contribution in [0.5, 0.6) is 23.0 Å². The van der Waals surface area contributed by atoms with E-state index in [1.165, 1.54) is 4.90 Å². The van der Waals surface area contributed by atoms with Crippen LogP contribution >= 0.6 is 23.2 Å². The fraction of sp³-hybridized carbons (Fsp3) is 0.207. The molecule has 0 bridgehead atoms. The number of alkyl carbamates (subject to hydrolysis) is 1. The number of hydrogen-bond donors (Lipinski definition) is 3. The Labute approximate surface area is 435 Å². The molecule has 3 N–H and O–H groups in total. The SMILES string of the molecule is O=C(CN(CCCCNC(=O)c1ccc(OCc2ccccc2)c(OCc2ccccc2)c1Cl)C(=O)c1ccc(OCc2ccccc2)c(OCc2ccccc2)c1Cl)NCCNC(=O)OCc1ccccc1. The first-order chi connectivity index (χ1) is 35.7. The Bertz CT molecular complexity index is 2860. The largest absolute Gasteiger partial charge is 0.485 e. The molecule has 13 nitrogen and oxygen atoms in total. The molecule has 0 heterocycles. The van der Waals surface area contributed by atoms with E-state index in [4.69, 9.17) is 46.9 Å². The van der Waals surface area contributed by atoms with Gasteiger partial charge in [0.05, 0.1) is 27.7 Å². The van der Waals surface area contributed by atoms with Crippen molar-refractivity contribution in [1.82, 2.24) is 20.9 Å². The highest BCUT2D eigenvalue weighted by Crippen LogP contribution is 2.40. The second-order valence-electron chi connectivity index (χ2n) is 16.6. The van der Waals surface area contributed by atoms with Gasteiger partial charge in [-0.3, -0.25) is 14.4 Å². The fourth-order valence-electron chi connectivity index (χ4n) is 7.36. The molecule has 0 aliphatic carbocycles. The minimum absolute atomic E-state index is 0.0165. The molecule has 0 saturated heterocycles. The highest BCUT2D eigenvalue weighted by atomic mass is 35.5. The zero-order valence-electron chi connectivity index (χ0n) is 40.1. The monoisotopic (exact) mass is 1020 g/mol. The number of carbonyl (C=O) groups excluding carboxylic acids is 4. The first-order valence-corrected chi connectivity index (χ1v) is 24.6. The van der Waals surface area contributed by atoms with Gasteiger partial charge in [-0.2, -0.15) is 0 Å². The van der Waals surface area contributed by atoms with Gasteiger partial charge < -0.3 is 44.5 Å². The van der Waals surface area contributed by atoms with E-state index in [0.717, 1.165) is 27.8 Å². The molecule has 0 atom stereocenters. The first kappa shape index (κ1) is 52.8. The topological polar surface area (TPSA) is 154 Å². The maximum atomic E-state index is 14.5. The minimum atomic E-state index is -0.637. The van der Waals surface area contributed by atoms with Crippen LogP contribution in [0.2, 0.25) is 10.0 Å². The number of carbonyl (C=O) groups is 4. The Morgan fingerprint density at radius 3 is 1.32 bits per heavy atom. The summed E-state index contributed by atoms with van der Waals surface area (Å²) in [5, 5.41) is 8.43. The Morgan fingerprint density at radius 2 is 0.836 bits per heavy atom. The zero-order chi connectivity index (χ0) is 51.0. The van der Waals surface area contributed by atoms with Crippen LogP contribution in [0, 0.1) is 0 Å². The molecular formula is C58H56Cl2N4O9. The molecular weight excluding hydrogens is 968 g/mol. The molecule has 7 aromatic rings. The van der Waals surface area contributed by atoms with Gasteiger partial charge in [-0.25, -0.2) is 4.79 Å². The summed E-state index contributed by atoms with van der Waals surface area (Å²) in [7, 11) is 0. The molecule has 0 spiro atoms. The lowest BCUT2D eigenvalue weighted by atomic mass is 10.1. The maximum absolute atomic E-state index is 14.5. The molecule has 0 aliphatic heterocycles. The van der Waals surface area contributed by atoms with Gasteiger partial charge in [-0.05, 0) is 64.9 Å². The van der Waals surface area contributed by atoms with E-state index in [2.05, 4.69) is 16.0 Å². The van der Waals surface area contributed by atoms with Gasteiger partial charge in [0.25, 0.3) is 11.8 Å². The first-order valence-electron chi connectivity index (χ1n) is 23.8. The molecule has 0 unspecified atom stereocenters. The van der Waals surface area contributed by atoms with Crippen molar-refractivity contribution in [2.75, 3.05) is 32.7 Å². The molecule has 0 saturated carbocycles. The summed E-state index contributed by atoms with van der Waals surface area (Å²) in [6.07, 6.45) is 0.166. The number of rotatable bonds is 26. The van der Waals surface area contributed by atoms with Gasteiger partial charge in [0.2, 0.25) is 5.91 Å². The highest BCUT2D eigenvalue weighted by Gasteiger charge is 2.26. The predicted octanol–water partition coefficient (Wildman–Crippen LogP) is 11.0. The summed E-state index contributed by atoms with van der Waals surface area (Å²) >= 11 is 14.0. The second-order valence-corrected chi connectivity index (χ2v) is 17.4. The lowest BCUT2D eigenvalue weighted by Gasteiger charge is -2.24. The van der Waals surface area contributed by atoms with Crippen molar-refractivity contribution >= 4 is 47.0 Å². The van der Waals surface area contributed by atoms with E-state index in [1.54, 1.807) is 24.3 Å². The third-order valence-corrected chi connectivity index (χ3v) is 12.0. The molecule has 0 fully saturated rings. The standard InChI is InChI=1S/C58H56Cl2N4O9/c59-52-47(28-30-49(69-37-42-18-6-1-7-19-42)54(52)71-39-44-22-10-3-11-23-44)56(66)62-32-16-17-35-64(36-51(65)61-33-34-63-58(68)73-41-46-26-14-5-15-27-46)57(67)48-29-31-50(70-38-43-20-8-2-9-21-43)55(53(48)60)72-40-45-24-12-4-13-25-45/h1-15,18-31H,16-17,32-41H2,(H,61,65)(H,62,66)(H,63,68). The Kier molecular flexibility index (Phi) is 20.4. The number of benzene rings is 7. The Morgan fingerprint density at radius 1 is 0.425 bits per heavy atom. The number of ether oxygens (including phenoxy) is 5. The van der Waals surface area contributed by atoms with Gasteiger partial charge in [0, 0.05) is 26.2 Å². The van der Waals surface area contributed by atoms with E-state index in [9.17, 15) is 19.2 Å². The third kappa shape index (κ3) is 16.5. The molecule has 73 heavy (non-hydrogen) atoms. The van der Waals surface area contributed by atoms with Crippen molar-refractivity contribution in [3.05, 3.63) is 225 Å². The molecule has 15 heteroatoms. The summed E-state index contributed by atoms with van der Waals surface area (Å²) in [6, 6.07) is 54.0. The number of amides is 4. The third-order valence-electron chi connectivity index (χ3n) is 11.2. The van der Waals surface area contributed by atoms with Crippen LogP contribution in [-0.2, 0) is 42.6 Å². The Balaban J connectivity index is 1.02. The van der Waals surface area contributed by atoms with Crippen LogP contribution in [-0.4, -0.2) is 61.4 Å². The molecule has 0 aromatic heterocycles. The van der Waals surface area contributed by atoms with Crippen molar-refractivity contribution < 1.29 is 42.9 Å². The zero-order valence-corrected chi connectivity index (χ0v) is 41.6. The van der Waals surface area contributed by atoms with E-state index in [1.807, 2.05) is 152 Å². The average Bonchev–Trinajstić information content (AvgIpc) is 3.42. The predicted molar refractivity (Wildman–Crippen MR) is 281 cm³/mol. The maximum Gasteiger partial charge on any atom is 0.407 e. The van der Waals surface area contributed by atoms with Gasteiger partial charge in [0.1, 0.15) is 33.0 Å². The Hall–Kier alpha value is -8.00. The van der Waals surface area contributed by atoms with Crippen LogP contribution in [0.1, 0.15) is 61.4 Å². The lowest BCUT2D eigenvalue weighted by molar-refractivity contribution is -0.121. The number of nitrogens with one attached hydrogen (secondary N) is 3. The minimum Gasteiger partial charge on any atom is -0.485 e. The summed E-state index contributed by atoms with van der Waals surface area (Å²) < 4.78 is 30.0. The van der Waals surface area contributed by atoms with Gasteiger partial charge >= 0.3 is 6.09 Å². The van der Waals surface area contributed by atoms with Crippen molar-refractivity contribution in [2.24, 2.45) is 0 Å². The molecule has 0 radical (unpaired) electrons.